The molecule has 0 saturated carbocycles. The molecule has 1 aliphatic rings. The number of piperazine rings is 1. The number of rotatable bonds is 4. The van der Waals surface area contributed by atoms with E-state index in [4.69, 9.17) is 11.6 Å². The second kappa shape index (κ2) is 5.89. The third-order valence-electron chi connectivity index (χ3n) is 2.50. The fraction of sp³-hybridized carbons (Fsp3) is 0.636. The highest BCUT2D eigenvalue weighted by Crippen LogP contribution is 2.15. The molecule has 0 aromatic rings. The third-order valence-corrected chi connectivity index (χ3v) is 2.68. The van der Waals surface area contributed by atoms with Crippen LogP contribution in [-0.4, -0.2) is 35.8 Å². The molecule has 0 bridgehead atoms. The van der Waals surface area contributed by atoms with Crippen LogP contribution in [0, 0.1) is 5.92 Å². The van der Waals surface area contributed by atoms with Crippen LogP contribution in [0.5, 0.6) is 0 Å². The quantitative estimate of drug-likeness (QED) is 0.806. The molecule has 0 aromatic heterocycles. The van der Waals surface area contributed by atoms with Crippen molar-refractivity contribution < 1.29 is 9.59 Å². The molecule has 1 rings (SSSR count). The molecular formula is C11H17ClN2O2. The largest absolute Gasteiger partial charge is 0.345 e. The molecule has 1 saturated heterocycles. The average Bonchev–Trinajstić information content (AvgIpc) is 2.22. The van der Waals surface area contributed by atoms with E-state index in [0.29, 0.717) is 18.9 Å². The summed E-state index contributed by atoms with van der Waals surface area (Å²) in [5, 5.41) is 2.61. The van der Waals surface area contributed by atoms with E-state index >= 15 is 0 Å². The summed E-state index contributed by atoms with van der Waals surface area (Å²) in [7, 11) is 0. The summed E-state index contributed by atoms with van der Waals surface area (Å²) in [5.74, 6) is 0.237. The van der Waals surface area contributed by atoms with Gasteiger partial charge in [-0.1, -0.05) is 31.5 Å². The predicted octanol–water partition coefficient (Wildman–Crippen LogP) is 1.11. The zero-order valence-corrected chi connectivity index (χ0v) is 10.3. The van der Waals surface area contributed by atoms with Gasteiger partial charge in [0.2, 0.25) is 11.8 Å². The molecule has 1 fully saturated rings. The number of halogens is 1. The lowest BCUT2D eigenvalue weighted by Crippen LogP contribution is -2.58. The number of nitrogens with one attached hydrogen (secondary N) is 1. The van der Waals surface area contributed by atoms with E-state index in [-0.39, 0.29) is 24.4 Å². The zero-order valence-electron chi connectivity index (χ0n) is 9.57. The summed E-state index contributed by atoms with van der Waals surface area (Å²) >= 11 is 5.44. The number of carbonyl (C=O) groups excluding carboxylic acids is 2. The maximum absolute atomic E-state index is 11.7. The van der Waals surface area contributed by atoms with Crippen LogP contribution in [0.4, 0.5) is 0 Å². The lowest BCUT2D eigenvalue weighted by Gasteiger charge is -2.35. The SMILES string of the molecule is CC(C)CC1C(=O)NCC(=O)N1C/C=C/Cl. The summed E-state index contributed by atoms with van der Waals surface area (Å²) < 4.78 is 0. The molecule has 1 aliphatic heterocycles. The van der Waals surface area contributed by atoms with Gasteiger partial charge in [-0.25, -0.2) is 0 Å². The van der Waals surface area contributed by atoms with Gasteiger partial charge in [-0.3, -0.25) is 9.59 Å². The van der Waals surface area contributed by atoms with E-state index in [0.717, 1.165) is 0 Å². The van der Waals surface area contributed by atoms with E-state index < -0.39 is 0 Å². The standard InChI is InChI=1S/C11H17ClN2O2/c1-8(2)6-9-11(16)13-7-10(15)14(9)5-3-4-12/h3-4,8-9H,5-7H2,1-2H3,(H,13,16)/b4-3+. The molecule has 0 aromatic carbocycles. The molecule has 0 spiro atoms. The minimum atomic E-state index is -0.367. The Morgan fingerprint density at radius 1 is 1.56 bits per heavy atom. The van der Waals surface area contributed by atoms with Crippen molar-refractivity contribution in [3.8, 4) is 0 Å². The van der Waals surface area contributed by atoms with Crippen LogP contribution in [0.15, 0.2) is 11.6 Å². The van der Waals surface area contributed by atoms with Gasteiger partial charge in [0.25, 0.3) is 0 Å². The Morgan fingerprint density at radius 3 is 2.81 bits per heavy atom. The lowest BCUT2D eigenvalue weighted by molar-refractivity contribution is -0.145. The summed E-state index contributed by atoms with van der Waals surface area (Å²) in [6, 6.07) is -0.367. The summed E-state index contributed by atoms with van der Waals surface area (Å²) in [4.78, 5) is 24.9. The Morgan fingerprint density at radius 2 is 2.25 bits per heavy atom. The highest BCUT2D eigenvalue weighted by molar-refractivity contribution is 6.25. The molecule has 0 radical (unpaired) electrons. The molecule has 1 atom stereocenters. The van der Waals surface area contributed by atoms with Crippen molar-refractivity contribution in [1.82, 2.24) is 10.2 Å². The minimum absolute atomic E-state index is 0.0555. The number of carbonyl (C=O) groups is 2. The second-order valence-corrected chi connectivity index (χ2v) is 4.52. The summed E-state index contributed by atoms with van der Waals surface area (Å²) in [5.41, 5.74) is 1.37. The average molecular weight is 245 g/mol. The van der Waals surface area contributed by atoms with E-state index in [9.17, 15) is 9.59 Å². The summed E-state index contributed by atoms with van der Waals surface area (Å²) in [6.45, 7) is 4.54. The van der Waals surface area contributed by atoms with Gasteiger partial charge in [0.1, 0.15) is 6.04 Å². The molecule has 4 nitrogen and oxygen atoms in total. The van der Waals surface area contributed by atoms with Gasteiger partial charge in [0.15, 0.2) is 0 Å². The fourth-order valence-corrected chi connectivity index (χ4v) is 1.84. The number of amides is 2. The predicted molar refractivity (Wildman–Crippen MR) is 63.0 cm³/mol. The van der Waals surface area contributed by atoms with Crippen molar-refractivity contribution in [2.75, 3.05) is 13.1 Å². The maximum atomic E-state index is 11.7. The minimum Gasteiger partial charge on any atom is -0.345 e. The molecular weight excluding hydrogens is 228 g/mol. The highest BCUT2D eigenvalue weighted by atomic mass is 35.5. The fourth-order valence-electron chi connectivity index (χ4n) is 1.76. The maximum Gasteiger partial charge on any atom is 0.243 e. The van der Waals surface area contributed by atoms with Crippen molar-refractivity contribution in [3.05, 3.63) is 11.6 Å². The van der Waals surface area contributed by atoms with E-state index in [1.54, 1.807) is 11.0 Å². The Balaban J connectivity index is 2.77. The van der Waals surface area contributed by atoms with Crippen molar-refractivity contribution in [3.63, 3.8) is 0 Å². The highest BCUT2D eigenvalue weighted by Gasteiger charge is 2.33. The van der Waals surface area contributed by atoms with Gasteiger partial charge in [0.05, 0.1) is 6.54 Å². The molecule has 0 aliphatic carbocycles. The van der Waals surface area contributed by atoms with E-state index in [1.807, 2.05) is 13.8 Å². The van der Waals surface area contributed by atoms with Crippen molar-refractivity contribution in [2.24, 2.45) is 5.92 Å². The molecule has 1 heterocycles. The molecule has 16 heavy (non-hydrogen) atoms. The van der Waals surface area contributed by atoms with Gasteiger partial charge in [0, 0.05) is 12.1 Å². The number of nitrogens with zero attached hydrogens (tertiary/aromatic N) is 1. The Bertz CT molecular complexity index is 302. The smallest absolute Gasteiger partial charge is 0.243 e. The molecule has 5 heteroatoms. The van der Waals surface area contributed by atoms with Crippen LogP contribution in [0.25, 0.3) is 0 Å². The number of hydrogen-bond donors (Lipinski definition) is 1. The summed E-state index contributed by atoms with van der Waals surface area (Å²) in [6.07, 6.45) is 2.35. The van der Waals surface area contributed by atoms with Crippen molar-refractivity contribution in [1.29, 1.82) is 0 Å². The second-order valence-electron chi connectivity index (χ2n) is 4.27. The molecule has 2 amide bonds. The van der Waals surface area contributed by atoms with Crippen LogP contribution in [0.3, 0.4) is 0 Å². The van der Waals surface area contributed by atoms with E-state index in [1.165, 1.54) is 5.54 Å². The van der Waals surface area contributed by atoms with Crippen LogP contribution in [-0.2, 0) is 9.59 Å². The molecule has 1 N–H and O–H groups in total. The van der Waals surface area contributed by atoms with Gasteiger partial charge in [-0.05, 0) is 12.3 Å². The van der Waals surface area contributed by atoms with Gasteiger partial charge in [-0.15, -0.1) is 0 Å². The first-order valence-electron chi connectivity index (χ1n) is 5.38. The first-order valence-corrected chi connectivity index (χ1v) is 5.82. The van der Waals surface area contributed by atoms with Gasteiger partial charge < -0.3 is 10.2 Å². The van der Waals surface area contributed by atoms with Crippen molar-refractivity contribution in [2.45, 2.75) is 26.3 Å². The Labute approximate surface area is 101 Å². The van der Waals surface area contributed by atoms with Crippen LogP contribution in [0.1, 0.15) is 20.3 Å². The first-order chi connectivity index (χ1) is 7.56. The Hall–Kier alpha value is -1.03. The monoisotopic (exact) mass is 244 g/mol. The van der Waals surface area contributed by atoms with Crippen LogP contribution in [0.2, 0.25) is 0 Å². The van der Waals surface area contributed by atoms with Crippen LogP contribution >= 0.6 is 11.6 Å². The molecule has 90 valence electrons. The third kappa shape index (κ3) is 3.23. The number of hydrogen-bond acceptors (Lipinski definition) is 2. The molecule has 1 unspecified atom stereocenters. The zero-order chi connectivity index (χ0) is 12.1. The van der Waals surface area contributed by atoms with Crippen LogP contribution < -0.4 is 5.32 Å². The van der Waals surface area contributed by atoms with Gasteiger partial charge >= 0.3 is 0 Å². The first kappa shape index (κ1) is 13.0. The topological polar surface area (TPSA) is 49.4 Å². The van der Waals surface area contributed by atoms with Gasteiger partial charge in [-0.2, -0.15) is 0 Å². The normalized spacial score (nSPS) is 22.0. The van der Waals surface area contributed by atoms with E-state index in [2.05, 4.69) is 5.32 Å². The Kier molecular flexibility index (Phi) is 4.80. The lowest BCUT2D eigenvalue weighted by atomic mass is 10.00. The van der Waals surface area contributed by atoms with Crippen molar-refractivity contribution >= 4 is 23.4 Å².